The lowest BCUT2D eigenvalue weighted by atomic mass is 9.94. The van der Waals surface area contributed by atoms with Crippen LogP contribution in [0.15, 0.2) is 18.2 Å². The van der Waals surface area contributed by atoms with Gasteiger partial charge in [0.2, 0.25) is 0 Å². The summed E-state index contributed by atoms with van der Waals surface area (Å²) in [5.41, 5.74) is -3.88. The fourth-order valence-electron chi connectivity index (χ4n) is 3.01. The maximum Gasteiger partial charge on any atom is 0.416 e. The topological polar surface area (TPSA) is 49.4 Å². The minimum absolute atomic E-state index is 0.0500. The molecule has 2 rings (SSSR count). The van der Waals surface area contributed by atoms with Gasteiger partial charge < -0.3 is 10.2 Å². The van der Waals surface area contributed by atoms with E-state index in [-0.39, 0.29) is 12.1 Å². The number of alkyl halides is 6. The van der Waals surface area contributed by atoms with E-state index >= 15 is 0 Å². The van der Waals surface area contributed by atoms with Crippen LogP contribution in [0.4, 0.5) is 32.0 Å². The second-order valence-electron chi connectivity index (χ2n) is 6.46. The standard InChI is InChI=1S/C17H18F6N2O2/c1-25(13-5-3-2-4-6-13)15(27)14(26)24-12-8-10(16(18,19)20)7-11(9-12)17(21,22)23/h7-9,13H,2-6H2,1H3,(H,24,26). The maximum absolute atomic E-state index is 12.8. The Morgan fingerprint density at radius 3 is 1.85 bits per heavy atom. The van der Waals surface area contributed by atoms with Gasteiger partial charge in [0.15, 0.2) is 0 Å². The highest BCUT2D eigenvalue weighted by atomic mass is 19.4. The molecule has 1 saturated carbocycles. The van der Waals surface area contributed by atoms with Crippen molar-refractivity contribution in [3.05, 3.63) is 29.3 Å². The Bertz CT molecular complexity index is 676. The summed E-state index contributed by atoms with van der Waals surface area (Å²) < 4.78 is 77.1. The van der Waals surface area contributed by atoms with Crippen molar-refractivity contribution < 1.29 is 35.9 Å². The van der Waals surface area contributed by atoms with E-state index in [9.17, 15) is 35.9 Å². The van der Waals surface area contributed by atoms with Gasteiger partial charge in [-0.3, -0.25) is 9.59 Å². The van der Waals surface area contributed by atoms with Crippen LogP contribution in [0.2, 0.25) is 0 Å². The third-order valence-corrected chi connectivity index (χ3v) is 4.48. The molecule has 0 bridgehead atoms. The lowest BCUT2D eigenvalue weighted by molar-refractivity contribution is -0.144. The van der Waals surface area contributed by atoms with Crippen molar-refractivity contribution in [2.45, 2.75) is 50.5 Å². The monoisotopic (exact) mass is 396 g/mol. The molecule has 0 heterocycles. The third-order valence-electron chi connectivity index (χ3n) is 4.48. The van der Waals surface area contributed by atoms with Crippen LogP contribution in [0.1, 0.15) is 43.2 Å². The number of halogens is 6. The lowest BCUT2D eigenvalue weighted by Gasteiger charge is -2.30. The number of nitrogens with zero attached hydrogens (tertiary/aromatic N) is 1. The Labute approximate surface area is 151 Å². The van der Waals surface area contributed by atoms with Gasteiger partial charge in [-0.2, -0.15) is 26.3 Å². The summed E-state index contributed by atoms with van der Waals surface area (Å²) >= 11 is 0. The van der Waals surface area contributed by atoms with Gasteiger partial charge in [-0.1, -0.05) is 19.3 Å². The molecule has 0 radical (unpaired) electrons. The van der Waals surface area contributed by atoms with Gasteiger partial charge in [-0.15, -0.1) is 0 Å². The molecular formula is C17H18F6N2O2. The van der Waals surface area contributed by atoms with Crippen LogP contribution in [-0.2, 0) is 21.9 Å². The van der Waals surface area contributed by atoms with Crippen molar-refractivity contribution in [1.29, 1.82) is 0 Å². The lowest BCUT2D eigenvalue weighted by Crippen LogP contribution is -2.44. The highest BCUT2D eigenvalue weighted by Crippen LogP contribution is 2.37. The van der Waals surface area contributed by atoms with Crippen molar-refractivity contribution in [3.8, 4) is 0 Å². The van der Waals surface area contributed by atoms with E-state index in [1.165, 1.54) is 11.9 Å². The number of hydrogen-bond acceptors (Lipinski definition) is 2. The van der Waals surface area contributed by atoms with Crippen LogP contribution in [0.25, 0.3) is 0 Å². The molecule has 0 spiro atoms. The van der Waals surface area contributed by atoms with E-state index in [4.69, 9.17) is 0 Å². The quantitative estimate of drug-likeness (QED) is 0.593. The van der Waals surface area contributed by atoms with E-state index in [0.717, 1.165) is 19.3 Å². The van der Waals surface area contributed by atoms with E-state index in [1.807, 2.05) is 5.32 Å². The zero-order valence-corrected chi connectivity index (χ0v) is 14.4. The summed E-state index contributed by atoms with van der Waals surface area (Å²) in [6.07, 6.45) is -5.92. The molecular weight excluding hydrogens is 378 g/mol. The highest BCUT2D eigenvalue weighted by Gasteiger charge is 2.37. The fraction of sp³-hybridized carbons (Fsp3) is 0.529. The Balaban J connectivity index is 2.22. The molecule has 0 aliphatic heterocycles. The number of hydrogen-bond donors (Lipinski definition) is 1. The highest BCUT2D eigenvalue weighted by molar-refractivity contribution is 6.39. The van der Waals surface area contributed by atoms with Crippen molar-refractivity contribution in [3.63, 3.8) is 0 Å². The summed E-state index contributed by atoms with van der Waals surface area (Å²) in [6.45, 7) is 0. The van der Waals surface area contributed by atoms with Gasteiger partial charge >= 0.3 is 24.2 Å². The normalized spacial score (nSPS) is 16.1. The Hall–Kier alpha value is -2.26. The number of nitrogens with one attached hydrogen (secondary N) is 1. The van der Waals surface area contributed by atoms with Crippen molar-refractivity contribution in [2.75, 3.05) is 12.4 Å². The van der Waals surface area contributed by atoms with Crippen LogP contribution in [0, 0.1) is 0 Å². The number of rotatable bonds is 2. The van der Waals surface area contributed by atoms with E-state index in [2.05, 4.69) is 0 Å². The molecule has 10 heteroatoms. The van der Waals surface area contributed by atoms with Crippen LogP contribution >= 0.6 is 0 Å². The second-order valence-corrected chi connectivity index (χ2v) is 6.46. The largest absolute Gasteiger partial charge is 0.416 e. The minimum atomic E-state index is -5.04. The molecule has 0 atom stereocenters. The maximum atomic E-state index is 12.8. The average Bonchev–Trinajstić information content (AvgIpc) is 2.59. The van der Waals surface area contributed by atoms with Crippen molar-refractivity contribution >= 4 is 17.5 Å². The molecule has 0 aromatic heterocycles. The molecule has 27 heavy (non-hydrogen) atoms. The molecule has 4 nitrogen and oxygen atoms in total. The zero-order chi connectivity index (χ0) is 20.4. The fourth-order valence-corrected chi connectivity index (χ4v) is 3.01. The Morgan fingerprint density at radius 2 is 1.41 bits per heavy atom. The molecule has 1 N–H and O–H groups in total. The SMILES string of the molecule is CN(C(=O)C(=O)Nc1cc(C(F)(F)F)cc(C(F)(F)F)c1)C1CCCCC1. The number of benzene rings is 1. The summed E-state index contributed by atoms with van der Waals surface area (Å²) in [4.78, 5) is 25.4. The number of carbonyl (C=O) groups is 2. The van der Waals surface area contributed by atoms with Gasteiger partial charge in [0.25, 0.3) is 0 Å². The molecule has 0 unspecified atom stereocenters. The first-order valence-corrected chi connectivity index (χ1v) is 8.27. The Kier molecular flexibility index (Phi) is 6.06. The number of amides is 2. The first-order chi connectivity index (χ1) is 12.4. The summed E-state index contributed by atoms with van der Waals surface area (Å²) in [5, 5.41) is 1.86. The van der Waals surface area contributed by atoms with Crippen LogP contribution in [-0.4, -0.2) is 29.8 Å². The summed E-state index contributed by atoms with van der Waals surface area (Å²) in [5.74, 6) is -2.29. The molecule has 2 amide bonds. The first kappa shape index (κ1) is 21.0. The van der Waals surface area contributed by atoms with Gasteiger partial charge in [0.05, 0.1) is 11.1 Å². The molecule has 1 fully saturated rings. The minimum Gasteiger partial charge on any atom is -0.335 e. The molecule has 1 aromatic carbocycles. The van der Waals surface area contributed by atoms with Gasteiger partial charge in [0, 0.05) is 18.8 Å². The van der Waals surface area contributed by atoms with Crippen LogP contribution in [0.5, 0.6) is 0 Å². The second kappa shape index (κ2) is 7.77. The molecule has 150 valence electrons. The van der Waals surface area contributed by atoms with Crippen LogP contribution in [0.3, 0.4) is 0 Å². The van der Waals surface area contributed by atoms with E-state index in [0.29, 0.717) is 25.0 Å². The van der Waals surface area contributed by atoms with Gasteiger partial charge in [-0.25, -0.2) is 0 Å². The van der Waals surface area contributed by atoms with Gasteiger partial charge in [0.1, 0.15) is 0 Å². The third kappa shape index (κ3) is 5.36. The smallest absolute Gasteiger partial charge is 0.335 e. The number of likely N-dealkylation sites (N-methyl/N-ethyl adjacent to an activating group) is 1. The van der Waals surface area contributed by atoms with E-state index < -0.39 is 41.0 Å². The predicted octanol–water partition coefficient (Wildman–Crippen LogP) is 4.45. The predicted molar refractivity (Wildman–Crippen MR) is 84.7 cm³/mol. The Morgan fingerprint density at radius 1 is 0.926 bits per heavy atom. The molecule has 1 aliphatic carbocycles. The van der Waals surface area contributed by atoms with Crippen molar-refractivity contribution in [1.82, 2.24) is 4.90 Å². The summed E-state index contributed by atoms with van der Waals surface area (Å²) in [6, 6.07) is 0.498. The van der Waals surface area contributed by atoms with E-state index in [1.54, 1.807) is 0 Å². The van der Waals surface area contributed by atoms with Crippen LogP contribution < -0.4 is 5.32 Å². The molecule has 1 aromatic rings. The summed E-state index contributed by atoms with van der Waals surface area (Å²) in [7, 11) is 1.39. The average molecular weight is 396 g/mol. The molecule has 0 saturated heterocycles. The van der Waals surface area contributed by atoms with Gasteiger partial charge in [-0.05, 0) is 31.0 Å². The first-order valence-electron chi connectivity index (χ1n) is 8.27. The number of anilines is 1. The zero-order valence-electron chi connectivity index (χ0n) is 14.4. The molecule has 1 aliphatic rings. The van der Waals surface area contributed by atoms with Crippen molar-refractivity contribution in [2.24, 2.45) is 0 Å². The number of carbonyl (C=O) groups excluding carboxylic acids is 2.